The van der Waals surface area contributed by atoms with Crippen molar-refractivity contribution < 1.29 is 110 Å². The number of sulfone groups is 4. The van der Waals surface area contributed by atoms with Crippen molar-refractivity contribution in [3.63, 3.8) is 0 Å². The number of rotatable bonds is 36. The van der Waals surface area contributed by atoms with E-state index in [4.69, 9.17) is 55.6 Å². The molecule has 0 aliphatic heterocycles. The number of hydrogen-bond acceptors (Lipinski definition) is 36. The molecule has 0 bridgehead atoms. The third-order valence-corrected chi connectivity index (χ3v) is 31.8. The third-order valence-electron chi connectivity index (χ3n) is 23.6. The van der Waals surface area contributed by atoms with Crippen LogP contribution in [0.25, 0.3) is 69.1 Å². The molecule has 760 valence electrons. The summed E-state index contributed by atoms with van der Waals surface area (Å²) in [6.45, 7) is 20.4. The monoisotopic (exact) mass is 2050 g/mol. The normalized spacial score (nSPS) is 13.4. The van der Waals surface area contributed by atoms with E-state index in [2.05, 4.69) is 60.7 Å². The number of aliphatic hydroxyl groups is 4. The van der Waals surface area contributed by atoms with Gasteiger partial charge in [-0.1, -0.05) is 48.5 Å². The highest BCUT2D eigenvalue weighted by molar-refractivity contribution is 7.92. The molecule has 40 nitrogen and oxygen atoms in total. The minimum absolute atomic E-state index is 0.109. The van der Waals surface area contributed by atoms with Crippen LogP contribution in [0.4, 0.5) is 0 Å². The highest BCUT2D eigenvalue weighted by atomic mass is 32.2. The Labute approximate surface area is 832 Å². The maximum atomic E-state index is 13.5. The van der Waals surface area contributed by atoms with E-state index in [-0.39, 0.29) is 69.4 Å². The third kappa shape index (κ3) is 23.6. The standard InChI is InChI=1S/4C25H28N4O6S/c4*1-15-9-11-18(26-13-15)24(30)17(3)36(31,32)14-22-27-28-25(21-12-10-16(2)35-21)29(22)23-19(33-4)7-6-8-20(23)34-5/h4*6-13,17,24,30H,14H2,1-5H3/t2*17-,24+;2*17-,24-/m1010/s1. The lowest BCUT2D eigenvalue weighted by molar-refractivity contribution is 0.170. The number of pyridine rings is 4. The molecule has 0 fully saturated rings. The van der Waals surface area contributed by atoms with Crippen LogP contribution in [-0.4, -0.2) is 211 Å². The molecule has 44 heteroatoms. The summed E-state index contributed by atoms with van der Waals surface area (Å²) < 4.78 is 182. The van der Waals surface area contributed by atoms with Crippen LogP contribution in [0.5, 0.6) is 46.0 Å². The maximum Gasteiger partial charge on any atom is 0.204 e. The second-order valence-electron chi connectivity index (χ2n) is 33.7. The SMILES string of the molecule is COc1cccc(OC)c1-n1c(CS(=O)(=O)[C@@H](C)[C@@H](O)c2ccc(C)cn2)nnc1-c1ccc(C)o1.COc1cccc(OC)c1-n1c(CS(=O)(=O)[C@@H](C)[C@H](O)c2ccc(C)cn2)nnc1-c1ccc(C)o1.COc1cccc(OC)c1-n1c(CS(=O)(=O)[C@H](C)[C@@H](O)c2ccc(C)cn2)nnc1-c1ccc(C)o1.COc1cccc(OC)c1-n1c(CS(=O)(=O)[C@H](C)[C@H](O)c2ccc(C)cn2)nnc1-c1ccc(C)o1. The molecule has 0 radical (unpaired) electrons. The average Bonchev–Trinajstić information content (AvgIpc) is 1.61. The fraction of sp³-hybridized carbons (Fsp3) is 0.320. The number of aryl methyl sites for hydroxylation is 8. The maximum absolute atomic E-state index is 13.5. The largest absolute Gasteiger partial charge is 0.494 e. The Morgan fingerprint density at radius 3 is 0.569 bits per heavy atom. The van der Waals surface area contributed by atoms with Gasteiger partial charge in [0.2, 0.25) is 23.3 Å². The molecule has 16 rings (SSSR count). The molecule has 0 unspecified atom stereocenters. The van der Waals surface area contributed by atoms with Gasteiger partial charge >= 0.3 is 0 Å². The molecule has 0 aliphatic rings. The van der Waals surface area contributed by atoms with E-state index in [1.54, 1.807) is 241 Å². The number of methoxy groups -OCH3 is 8. The lowest BCUT2D eigenvalue weighted by Gasteiger charge is -2.20. The van der Waals surface area contributed by atoms with Crippen molar-refractivity contribution in [1.82, 2.24) is 79.0 Å². The van der Waals surface area contributed by atoms with Gasteiger partial charge in [0.15, 0.2) is 85.7 Å². The Balaban J connectivity index is 0.000000161. The van der Waals surface area contributed by atoms with Gasteiger partial charge in [0.05, 0.1) is 101 Å². The average molecular weight is 2050 g/mol. The van der Waals surface area contributed by atoms with Crippen molar-refractivity contribution >= 4 is 39.3 Å². The number of aliphatic hydroxyl groups excluding tert-OH is 4. The summed E-state index contributed by atoms with van der Waals surface area (Å²) in [6, 6.07) is 48.4. The minimum atomic E-state index is -3.93. The van der Waals surface area contributed by atoms with Crippen molar-refractivity contribution in [2.45, 2.75) is 152 Å². The summed E-state index contributed by atoms with van der Waals surface area (Å²) in [6.07, 6.45) is 1.06. The highest BCUT2D eigenvalue weighted by Crippen LogP contribution is 2.44. The van der Waals surface area contributed by atoms with E-state index in [1.807, 2.05) is 27.7 Å². The number of hydrogen-bond donors (Lipinski definition) is 4. The minimum Gasteiger partial charge on any atom is -0.494 e. The summed E-state index contributed by atoms with van der Waals surface area (Å²) >= 11 is 0. The van der Waals surface area contributed by atoms with E-state index < -0.39 is 108 Å². The van der Waals surface area contributed by atoms with E-state index in [0.717, 1.165) is 22.3 Å². The summed E-state index contributed by atoms with van der Waals surface area (Å²) in [4.78, 5) is 16.7. The van der Waals surface area contributed by atoms with Crippen molar-refractivity contribution in [2.75, 3.05) is 56.9 Å². The molecule has 0 amide bonds. The summed E-state index contributed by atoms with van der Waals surface area (Å²) in [5.41, 5.74) is 6.42. The van der Waals surface area contributed by atoms with Gasteiger partial charge < -0.3 is 76.0 Å². The zero-order valence-electron chi connectivity index (χ0n) is 82.7. The van der Waals surface area contributed by atoms with Crippen LogP contribution in [0, 0.1) is 55.4 Å². The van der Waals surface area contributed by atoms with Crippen LogP contribution in [0.1, 0.15) is 143 Å². The second kappa shape index (κ2) is 45.6. The molecular formula is C100H112N16O24S4. The van der Waals surface area contributed by atoms with Crippen molar-refractivity contribution in [3.8, 4) is 115 Å². The first kappa shape index (κ1) is 107. The van der Waals surface area contributed by atoms with Crippen molar-refractivity contribution in [1.29, 1.82) is 0 Å². The summed E-state index contributed by atoms with van der Waals surface area (Å²) in [5.74, 6) is 7.14. The molecule has 4 N–H and O–H groups in total. The summed E-state index contributed by atoms with van der Waals surface area (Å²) in [5, 5.41) is 72.4. The fourth-order valence-corrected chi connectivity index (χ4v) is 20.6. The molecule has 0 spiro atoms. The number of nitrogens with zero attached hydrogens (tertiary/aromatic N) is 16. The Hall–Kier alpha value is -14.8. The predicted octanol–water partition coefficient (Wildman–Crippen LogP) is 14.4. The molecule has 4 aromatic carbocycles. The topological polar surface area (TPSA) is 518 Å². The summed E-state index contributed by atoms with van der Waals surface area (Å²) in [7, 11) is -3.70. The number of benzene rings is 4. The van der Waals surface area contributed by atoms with Gasteiger partial charge in [-0.05, 0) is 227 Å². The first-order valence-electron chi connectivity index (χ1n) is 44.8. The van der Waals surface area contributed by atoms with Gasteiger partial charge in [0, 0.05) is 24.8 Å². The molecule has 12 aromatic heterocycles. The van der Waals surface area contributed by atoms with Crippen LogP contribution in [0.15, 0.2) is 212 Å². The molecule has 0 aliphatic carbocycles. The van der Waals surface area contributed by atoms with Gasteiger partial charge in [-0.25, -0.2) is 33.7 Å². The van der Waals surface area contributed by atoms with Gasteiger partial charge in [-0.3, -0.25) is 38.2 Å². The molecule has 144 heavy (non-hydrogen) atoms. The van der Waals surface area contributed by atoms with Crippen LogP contribution >= 0.6 is 0 Å². The van der Waals surface area contributed by atoms with Gasteiger partial charge in [-0.15, -0.1) is 40.8 Å². The number of ether oxygens (including phenoxy) is 8. The fourth-order valence-electron chi connectivity index (χ4n) is 15.3. The van der Waals surface area contributed by atoms with Gasteiger partial charge in [0.1, 0.15) is 139 Å². The van der Waals surface area contributed by atoms with Gasteiger partial charge in [0.25, 0.3) is 0 Å². The quantitative estimate of drug-likeness (QED) is 0.0283. The van der Waals surface area contributed by atoms with Crippen LogP contribution in [0.2, 0.25) is 0 Å². The van der Waals surface area contributed by atoms with Crippen LogP contribution < -0.4 is 37.9 Å². The Morgan fingerprint density at radius 1 is 0.257 bits per heavy atom. The Bertz CT molecular complexity index is 6650. The Kier molecular flexibility index (Phi) is 33.8. The molecular weight excluding hydrogens is 1940 g/mol. The van der Waals surface area contributed by atoms with Crippen molar-refractivity contribution in [2.24, 2.45) is 0 Å². The smallest absolute Gasteiger partial charge is 0.204 e. The van der Waals surface area contributed by atoms with E-state index in [1.165, 1.54) is 84.6 Å². The highest BCUT2D eigenvalue weighted by Gasteiger charge is 2.40. The first-order valence-corrected chi connectivity index (χ1v) is 51.7. The molecule has 8 atom stereocenters. The zero-order chi connectivity index (χ0) is 104. The number of para-hydroxylation sites is 4. The lowest BCUT2D eigenvalue weighted by atomic mass is 10.1. The molecule has 16 aromatic rings. The van der Waals surface area contributed by atoms with E-state index in [9.17, 15) is 54.1 Å². The second-order valence-corrected chi connectivity index (χ2v) is 43.1. The van der Waals surface area contributed by atoms with E-state index >= 15 is 0 Å². The first-order chi connectivity index (χ1) is 68.6. The molecule has 12 heterocycles. The lowest BCUT2D eigenvalue weighted by Crippen LogP contribution is -2.28. The van der Waals surface area contributed by atoms with Crippen LogP contribution in [-0.2, 0) is 62.4 Å². The van der Waals surface area contributed by atoms with Gasteiger partial charge in [-0.2, -0.15) is 0 Å². The number of furan rings is 4. The predicted molar refractivity (Wildman–Crippen MR) is 532 cm³/mol. The zero-order valence-corrected chi connectivity index (χ0v) is 85.9. The molecule has 0 saturated carbocycles. The van der Waals surface area contributed by atoms with E-state index in [0.29, 0.717) is 115 Å². The van der Waals surface area contributed by atoms with Crippen molar-refractivity contribution in [3.05, 3.63) is 286 Å². The molecule has 0 saturated heterocycles. The Morgan fingerprint density at radius 2 is 0.431 bits per heavy atom. The van der Waals surface area contributed by atoms with Crippen LogP contribution in [0.3, 0.4) is 0 Å². The number of aromatic nitrogens is 16.